The predicted molar refractivity (Wildman–Crippen MR) is 106 cm³/mol. The van der Waals surface area contributed by atoms with Crippen molar-refractivity contribution in [2.75, 3.05) is 38.2 Å². The molecule has 1 aromatic carbocycles. The number of piperidine rings is 1. The van der Waals surface area contributed by atoms with Gasteiger partial charge in [0, 0.05) is 38.1 Å². The molecule has 2 aliphatic rings. The number of amides is 2. The van der Waals surface area contributed by atoms with Crippen LogP contribution in [0.2, 0.25) is 0 Å². The number of nitrogens with zero attached hydrogens (tertiary/aromatic N) is 1. The van der Waals surface area contributed by atoms with E-state index in [0.29, 0.717) is 31.2 Å². The molecule has 2 amide bonds. The number of nitrogens with one attached hydrogen (secondary N) is 1. The number of urea groups is 1. The van der Waals surface area contributed by atoms with E-state index in [0.717, 1.165) is 37.4 Å². The summed E-state index contributed by atoms with van der Waals surface area (Å²) in [6, 6.07) is 5.34. The van der Waals surface area contributed by atoms with Crippen molar-refractivity contribution < 1.29 is 24.2 Å². The van der Waals surface area contributed by atoms with Crippen LogP contribution in [-0.4, -0.2) is 54.9 Å². The van der Waals surface area contributed by atoms with Gasteiger partial charge < -0.3 is 24.8 Å². The summed E-state index contributed by atoms with van der Waals surface area (Å²) in [5.74, 6) is 0.0697. The van der Waals surface area contributed by atoms with Crippen molar-refractivity contribution in [3.8, 4) is 5.75 Å². The Bertz CT molecular complexity index is 702. The van der Waals surface area contributed by atoms with Gasteiger partial charge in [-0.2, -0.15) is 0 Å². The second-order valence-corrected chi connectivity index (χ2v) is 8.06. The van der Waals surface area contributed by atoms with E-state index in [9.17, 15) is 14.7 Å². The highest BCUT2D eigenvalue weighted by molar-refractivity contribution is 5.90. The molecule has 2 fully saturated rings. The SMILES string of the molecule is Cc1ccc(NC(=O)N2CC(C)CC(C(=O)O)C2)cc1OCC1CCOCC1. The third kappa shape index (κ3) is 5.38. The van der Waals surface area contributed by atoms with E-state index in [1.807, 2.05) is 32.0 Å². The summed E-state index contributed by atoms with van der Waals surface area (Å²) in [5.41, 5.74) is 1.67. The smallest absolute Gasteiger partial charge is 0.321 e. The number of carboxylic acids is 1. The molecule has 7 nitrogen and oxygen atoms in total. The third-order valence-electron chi connectivity index (χ3n) is 5.55. The third-order valence-corrected chi connectivity index (χ3v) is 5.55. The number of carbonyl (C=O) groups excluding carboxylic acids is 1. The van der Waals surface area contributed by atoms with Crippen LogP contribution in [0, 0.1) is 24.7 Å². The van der Waals surface area contributed by atoms with Crippen LogP contribution in [0.4, 0.5) is 10.5 Å². The van der Waals surface area contributed by atoms with Gasteiger partial charge in [-0.15, -0.1) is 0 Å². The number of likely N-dealkylation sites (tertiary alicyclic amines) is 1. The Morgan fingerprint density at radius 2 is 2.04 bits per heavy atom. The number of rotatable bonds is 5. The molecule has 2 saturated heterocycles. The van der Waals surface area contributed by atoms with Gasteiger partial charge in [0.05, 0.1) is 12.5 Å². The Morgan fingerprint density at radius 3 is 2.75 bits per heavy atom. The zero-order chi connectivity index (χ0) is 20.1. The Morgan fingerprint density at radius 1 is 1.29 bits per heavy atom. The first-order chi connectivity index (χ1) is 13.4. The maximum absolute atomic E-state index is 12.6. The van der Waals surface area contributed by atoms with Crippen molar-refractivity contribution in [3.63, 3.8) is 0 Å². The minimum atomic E-state index is -0.844. The largest absolute Gasteiger partial charge is 0.493 e. The number of carboxylic acid groups (broad SMARTS) is 1. The van der Waals surface area contributed by atoms with Gasteiger partial charge in [-0.1, -0.05) is 13.0 Å². The van der Waals surface area contributed by atoms with Crippen LogP contribution >= 0.6 is 0 Å². The molecule has 2 unspecified atom stereocenters. The molecule has 0 bridgehead atoms. The van der Waals surface area contributed by atoms with Crippen molar-refractivity contribution in [1.82, 2.24) is 4.90 Å². The first-order valence-electron chi connectivity index (χ1n) is 10.0. The van der Waals surface area contributed by atoms with Gasteiger partial charge in [-0.25, -0.2) is 4.79 Å². The Labute approximate surface area is 166 Å². The van der Waals surface area contributed by atoms with Crippen LogP contribution in [-0.2, 0) is 9.53 Å². The minimum absolute atomic E-state index is 0.164. The summed E-state index contributed by atoms with van der Waals surface area (Å²) in [4.78, 5) is 25.6. The summed E-state index contributed by atoms with van der Waals surface area (Å²) < 4.78 is 11.4. The summed E-state index contributed by atoms with van der Waals surface area (Å²) in [6.45, 7) is 6.98. The quantitative estimate of drug-likeness (QED) is 0.805. The molecule has 0 spiro atoms. The lowest BCUT2D eigenvalue weighted by Crippen LogP contribution is -2.47. The molecule has 2 atom stereocenters. The van der Waals surface area contributed by atoms with Crippen molar-refractivity contribution in [2.45, 2.75) is 33.1 Å². The van der Waals surface area contributed by atoms with Crippen LogP contribution in [0.25, 0.3) is 0 Å². The maximum atomic E-state index is 12.6. The van der Waals surface area contributed by atoms with Gasteiger partial charge in [-0.05, 0) is 49.7 Å². The van der Waals surface area contributed by atoms with Crippen molar-refractivity contribution in [2.24, 2.45) is 17.8 Å². The van der Waals surface area contributed by atoms with E-state index >= 15 is 0 Å². The predicted octanol–water partition coefficient (Wildman–Crippen LogP) is 3.37. The molecule has 3 rings (SSSR count). The molecule has 0 aliphatic carbocycles. The maximum Gasteiger partial charge on any atom is 0.321 e. The number of carbonyl (C=O) groups is 2. The lowest BCUT2D eigenvalue weighted by molar-refractivity contribution is -0.143. The van der Waals surface area contributed by atoms with E-state index in [1.54, 1.807) is 4.90 Å². The fourth-order valence-corrected chi connectivity index (χ4v) is 3.85. The van der Waals surface area contributed by atoms with Gasteiger partial charge in [0.2, 0.25) is 0 Å². The van der Waals surface area contributed by atoms with E-state index < -0.39 is 11.9 Å². The van der Waals surface area contributed by atoms with Crippen LogP contribution in [0.1, 0.15) is 31.7 Å². The van der Waals surface area contributed by atoms with Gasteiger partial charge in [0.1, 0.15) is 5.75 Å². The fourth-order valence-electron chi connectivity index (χ4n) is 3.85. The Hall–Kier alpha value is -2.28. The molecule has 0 radical (unpaired) electrons. The first kappa shape index (κ1) is 20.5. The van der Waals surface area contributed by atoms with Gasteiger partial charge in [-0.3, -0.25) is 4.79 Å². The number of anilines is 1. The Balaban J connectivity index is 1.60. The van der Waals surface area contributed by atoms with Crippen LogP contribution in [0.3, 0.4) is 0 Å². The van der Waals surface area contributed by atoms with Crippen molar-refractivity contribution in [1.29, 1.82) is 0 Å². The van der Waals surface area contributed by atoms with Gasteiger partial charge >= 0.3 is 12.0 Å². The summed E-state index contributed by atoms with van der Waals surface area (Å²) in [7, 11) is 0. The summed E-state index contributed by atoms with van der Waals surface area (Å²) in [6.07, 6.45) is 2.62. The number of ether oxygens (including phenoxy) is 2. The molecule has 1 aromatic rings. The molecule has 28 heavy (non-hydrogen) atoms. The lowest BCUT2D eigenvalue weighted by Gasteiger charge is -2.34. The van der Waals surface area contributed by atoms with Gasteiger partial charge in [0.25, 0.3) is 0 Å². The molecule has 0 saturated carbocycles. The normalized spacial score (nSPS) is 23.3. The van der Waals surface area contributed by atoms with E-state index in [4.69, 9.17) is 9.47 Å². The molecule has 2 N–H and O–H groups in total. The average molecular weight is 390 g/mol. The highest BCUT2D eigenvalue weighted by Crippen LogP contribution is 2.26. The van der Waals surface area contributed by atoms with Crippen LogP contribution < -0.4 is 10.1 Å². The second-order valence-electron chi connectivity index (χ2n) is 8.06. The van der Waals surface area contributed by atoms with E-state index in [1.165, 1.54) is 0 Å². The monoisotopic (exact) mass is 390 g/mol. The molecule has 2 aliphatic heterocycles. The fraction of sp³-hybridized carbons (Fsp3) is 0.619. The molecule has 7 heteroatoms. The molecule has 2 heterocycles. The molecule has 0 aromatic heterocycles. The van der Waals surface area contributed by atoms with Crippen LogP contribution in [0.5, 0.6) is 5.75 Å². The number of aliphatic carboxylic acids is 1. The standard InChI is InChI=1S/C21H30N2O5/c1-14-9-17(20(24)25)12-23(11-14)21(26)22-18-4-3-15(2)19(10-18)28-13-16-5-7-27-8-6-16/h3-4,10,14,16-17H,5-9,11-13H2,1-2H3,(H,22,26)(H,24,25). The van der Waals surface area contributed by atoms with Gasteiger partial charge in [0.15, 0.2) is 0 Å². The number of hydrogen-bond donors (Lipinski definition) is 2. The zero-order valence-electron chi connectivity index (χ0n) is 16.6. The van der Waals surface area contributed by atoms with E-state index in [-0.39, 0.29) is 18.5 Å². The topological polar surface area (TPSA) is 88.1 Å². The van der Waals surface area contributed by atoms with Crippen molar-refractivity contribution >= 4 is 17.7 Å². The number of hydrogen-bond acceptors (Lipinski definition) is 4. The zero-order valence-corrected chi connectivity index (χ0v) is 16.6. The molecule has 154 valence electrons. The highest BCUT2D eigenvalue weighted by atomic mass is 16.5. The van der Waals surface area contributed by atoms with Crippen molar-refractivity contribution in [3.05, 3.63) is 23.8 Å². The second kappa shape index (κ2) is 9.28. The first-order valence-corrected chi connectivity index (χ1v) is 10.0. The highest BCUT2D eigenvalue weighted by Gasteiger charge is 2.32. The van der Waals surface area contributed by atoms with E-state index in [2.05, 4.69) is 5.32 Å². The summed E-state index contributed by atoms with van der Waals surface area (Å²) >= 11 is 0. The minimum Gasteiger partial charge on any atom is -0.493 e. The Kier molecular flexibility index (Phi) is 6.78. The average Bonchev–Trinajstić information content (AvgIpc) is 2.68. The number of benzene rings is 1. The number of aryl methyl sites for hydroxylation is 1. The van der Waals surface area contributed by atoms with Crippen LogP contribution in [0.15, 0.2) is 18.2 Å². The molecular weight excluding hydrogens is 360 g/mol. The summed E-state index contributed by atoms with van der Waals surface area (Å²) in [5, 5.41) is 12.2. The lowest BCUT2D eigenvalue weighted by atomic mass is 9.91. The molecular formula is C21H30N2O5.